The summed E-state index contributed by atoms with van der Waals surface area (Å²) in [7, 11) is 0. The van der Waals surface area contributed by atoms with Crippen LogP contribution in [-0.2, 0) is 0 Å². The van der Waals surface area contributed by atoms with Crippen LogP contribution in [0.5, 0.6) is 0 Å². The van der Waals surface area contributed by atoms with Gasteiger partial charge >= 0.3 is 6.03 Å². The number of hydrogen-bond donors (Lipinski definition) is 4. The first-order valence-corrected chi connectivity index (χ1v) is 10.0. The van der Waals surface area contributed by atoms with Crippen molar-refractivity contribution in [3.8, 4) is 0 Å². The van der Waals surface area contributed by atoms with Gasteiger partial charge in [0, 0.05) is 22.4 Å². The highest BCUT2D eigenvalue weighted by Gasteiger charge is 2.16. The fourth-order valence-corrected chi connectivity index (χ4v) is 3.76. The van der Waals surface area contributed by atoms with Crippen LogP contribution in [0.15, 0.2) is 54.2 Å². The van der Waals surface area contributed by atoms with Crippen molar-refractivity contribution in [3.05, 3.63) is 71.1 Å². The summed E-state index contributed by atoms with van der Waals surface area (Å²) in [5.74, 6) is -0.493. The van der Waals surface area contributed by atoms with Crippen LogP contribution in [0.4, 0.5) is 32.1 Å². The van der Waals surface area contributed by atoms with Crippen molar-refractivity contribution >= 4 is 56.4 Å². The van der Waals surface area contributed by atoms with Crippen LogP contribution >= 0.6 is 11.3 Å². The van der Waals surface area contributed by atoms with Crippen molar-refractivity contribution in [1.82, 2.24) is 9.97 Å². The molecular weight excluding hydrogens is 419 g/mol. The number of fused-ring (bicyclic) bond motifs is 1. The van der Waals surface area contributed by atoms with Gasteiger partial charge in [-0.3, -0.25) is 4.79 Å². The van der Waals surface area contributed by atoms with Gasteiger partial charge in [0.2, 0.25) is 0 Å². The molecule has 31 heavy (non-hydrogen) atoms. The Labute approximate surface area is 180 Å². The summed E-state index contributed by atoms with van der Waals surface area (Å²) in [6, 6.07) is 10.5. The van der Waals surface area contributed by atoms with E-state index in [1.54, 1.807) is 48.7 Å². The number of anilines is 4. The van der Waals surface area contributed by atoms with Crippen molar-refractivity contribution in [3.63, 3.8) is 0 Å². The Balaban J connectivity index is 1.40. The number of nitrogens with two attached hydrogens (primary N) is 1. The minimum absolute atomic E-state index is 0.246. The maximum Gasteiger partial charge on any atom is 0.323 e. The summed E-state index contributed by atoms with van der Waals surface area (Å²) in [5.41, 5.74) is 8.14. The molecule has 3 amide bonds. The van der Waals surface area contributed by atoms with Gasteiger partial charge in [0.15, 0.2) is 0 Å². The molecule has 0 aliphatic rings. The van der Waals surface area contributed by atoms with Crippen molar-refractivity contribution in [2.24, 2.45) is 0 Å². The molecule has 0 atom stereocenters. The van der Waals surface area contributed by atoms with E-state index < -0.39 is 11.8 Å². The third kappa shape index (κ3) is 4.43. The van der Waals surface area contributed by atoms with Crippen LogP contribution < -0.4 is 21.7 Å². The van der Waals surface area contributed by atoms with Crippen LogP contribution in [0.3, 0.4) is 0 Å². The van der Waals surface area contributed by atoms with E-state index in [4.69, 9.17) is 5.73 Å². The van der Waals surface area contributed by atoms with Gasteiger partial charge in [-0.25, -0.2) is 19.2 Å². The maximum absolute atomic E-state index is 13.6. The zero-order valence-corrected chi connectivity index (χ0v) is 17.1. The molecule has 2 aromatic heterocycles. The van der Waals surface area contributed by atoms with Gasteiger partial charge in [-0.1, -0.05) is 6.07 Å². The Morgan fingerprint density at radius 1 is 0.968 bits per heavy atom. The molecule has 0 unspecified atom stereocenters. The lowest BCUT2D eigenvalue weighted by Crippen LogP contribution is -2.19. The SMILES string of the molecule is Cc1ccc(NC(=O)Nc2ccc(NC(=O)c3csc4ncnc(N)c34)cc2)cc1F. The molecule has 0 aliphatic heterocycles. The maximum atomic E-state index is 13.6. The number of rotatable bonds is 4. The van der Waals surface area contributed by atoms with Gasteiger partial charge in [0.25, 0.3) is 5.91 Å². The van der Waals surface area contributed by atoms with E-state index in [2.05, 4.69) is 25.9 Å². The van der Waals surface area contributed by atoms with Gasteiger partial charge in [0.1, 0.15) is 22.8 Å². The van der Waals surface area contributed by atoms with Crippen LogP contribution in [0.25, 0.3) is 10.2 Å². The summed E-state index contributed by atoms with van der Waals surface area (Å²) < 4.78 is 13.6. The summed E-state index contributed by atoms with van der Waals surface area (Å²) in [6.07, 6.45) is 1.35. The molecule has 0 radical (unpaired) electrons. The van der Waals surface area contributed by atoms with Gasteiger partial charge in [0.05, 0.1) is 10.9 Å². The molecule has 156 valence electrons. The number of hydrogen-bond acceptors (Lipinski definition) is 6. The number of carbonyl (C=O) groups is 2. The van der Waals surface area contributed by atoms with Crippen LogP contribution in [-0.4, -0.2) is 21.9 Å². The van der Waals surface area contributed by atoms with Gasteiger partial charge < -0.3 is 21.7 Å². The third-order valence-corrected chi connectivity index (χ3v) is 5.36. The number of nitrogens with one attached hydrogen (secondary N) is 3. The lowest BCUT2D eigenvalue weighted by atomic mass is 10.2. The van der Waals surface area contributed by atoms with Crippen LogP contribution in [0.2, 0.25) is 0 Å². The number of benzene rings is 2. The lowest BCUT2D eigenvalue weighted by Gasteiger charge is -2.10. The summed E-state index contributed by atoms with van der Waals surface area (Å²) in [6.45, 7) is 1.64. The smallest absolute Gasteiger partial charge is 0.323 e. The molecule has 0 saturated carbocycles. The first-order chi connectivity index (χ1) is 14.9. The minimum Gasteiger partial charge on any atom is -0.383 e. The standard InChI is InChI=1S/C21H17FN6O2S/c1-11-2-3-14(8-16(11)22)28-21(30)27-13-6-4-12(5-7-13)26-19(29)15-9-31-20-17(15)18(23)24-10-25-20/h2-10H,1H3,(H,26,29)(H2,23,24,25)(H2,27,28,30). The summed E-state index contributed by atoms with van der Waals surface area (Å²) in [4.78, 5) is 33.4. The Morgan fingerprint density at radius 3 is 2.32 bits per heavy atom. The molecule has 0 bridgehead atoms. The fraction of sp³-hybridized carbons (Fsp3) is 0.0476. The molecule has 8 nitrogen and oxygen atoms in total. The molecule has 2 heterocycles. The second kappa shape index (κ2) is 8.36. The molecule has 2 aromatic carbocycles. The quantitative estimate of drug-likeness (QED) is 0.372. The highest BCUT2D eigenvalue weighted by molar-refractivity contribution is 7.17. The Hall–Kier alpha value is -4.05. The van der Waals surface area contributed by atoms with E-state index in [9.17, 15) is 14.0 Å². The molecule has 10 heteroatoms. The fourth-order valence-electron chi connectivity index (χ4n) is 2.86. The number of halogens is 1. The number of carbonyl (C=O) groups excluding carboxylic acids is 2. The topological polar surface area (TPSA) is 122 Å². The molecule has 0 saturated heterocycles. The van der Waals surface area contributed by atoms with E-state index in [0.717, 1.165) is 0 Å². The average Bonchev–Trinajstić information content (AvgIpc) is 3.18. The first-order valence-electron chi connectivity index (χ1n) is 9.14. The predicted molar refractivity (Wildman–Crippen MR) is 120 cm³/mol. The Kier molecular flexibility index (Phi) is 5.46. The molecule has 5 N–H and O–H groups in total. The second-order valence-corrected chi connectivity index (χ2v) is 7.52. The van der Waals surface area contributed by atoms with Gasteiger partial charge in [-0.05, 0) is 48.9 Å². The van der Waals surface area contributed by atoms with Crippen LogP contribution in [0.1, 0.15) is 15.9 Å². The molecular formula is C21H17FN6O2S. The number of amides is 3. The van der Waals surface area contributed by atoms with Crippen molar-refractivity contribution < 1.29 is 14.0 Å². The van der Waals surface area contributed by atoms with E-state index in [1.807, 2.05) is 0 Å². The lowest BCUT2D eigenvalue weighted by molar-refractivity contribution is 0.102. The van der Waals surface area contributed by atoms with E-state index in [0.29, 0.717) is 38.4 Å². The molecule has 0 aliphatic carbocycles. The number of nitrogens with zero attached hydrogens (tertiary/aromatic N) is 2. The third-order valence-electron chi connectivity index (χ3n) is 4.47. The van der Waals surface area contributed by atoms with Crippen molar-refractivity contribution in [1.29, 1.82) is 0 Å². The highest BCUT2D eigenvalue weighted by Crippen LogP contribution is 2.28. The van der Waals surface area contributed by atoms with Gasteiger partial charge in [-0.15, -0.1) is 11.3 Å². The molecule has 0 fully saturated rings. The van der Waals surface area contributed by atoms with Crippen LogP contribution in [0, 0.1) is 12.7 Å². The summed E-state index contributed by atoms with van der Waals surface area (Å²) >= 11 is 1.31. The molecule has 4 rings (SSSR count). The van der Waals surface area contributed by atoms with E-state index in [1.165, 1.54) is 23.7 Å². The molecule has 4 aromatic rings. The number of nitrogen functional groups attached to an aromatic ring is 1. The highest BCUT2D eigenvalue weighted by atomic mass is 32.1. The molecule has 0 spiro atoms. The Morgan fingerprint density at radius 2 is 1.61 bits per heavy atom. The monoisotopic (exact) mass is 436 g/mol. The largest absolute Gasteiger partial charge is 0.383 e. The number of aromatic nitrogens is 2. The van der Waals surface area contributed by atoms with Gasteiger partial charge in [-0.2, -0.15) is 0 Å². The number of aryl methyl sites for hydroxylation is 1. The minimum atomic E-state index is -0.514. The van der Waals surface area contributed by atoms with Crippen molar-refractivity contribution in [2.75, 3.05) is 21.7 Å². The van der Waals surface area contributed by atoms with Crippen molar-refractivity contribution in [2.45, 2.75) is 6.92 Å². The Bertz CT molecular complexity index is 1290. The second-order valence-electron chi connectivity index (χ2n) is 6.66. The number of urea groups is 1. The summed E-state index contributed by atoms with van der Waals surface area (Å²) in [5, 5.41) is 10.2. The van der Waals surface area contributed by atoms with E-state index in [-0.39, 0.29) is 11.7 Å². The zero-order chi connectivity index (χ0) is 22.0. The first kappa shape index (κ1) is 20.2. The normalized spacial score (nSPS) is 10.6. The van der Waals surface area contributed by atoms with E-state index >= 15 is 0 Å². The predicted octanol–water partition coefficient (Wildman–Crippen LogP) is 4.62. The average molecular weight is 436 g/mol. The zero-order valence-electron chi connectivity index (χ0n) is 16.3. The number of thiophene rings is 1.